The van der Waals surface area contributed by atoms with Crippen LogP contribution in [-0.4, -0.2) is 31.3 Å². The van der Waals surface area contributed by atoms with E-state index < -0.39 is 37.1 Å². The molecule has 3 aromatic carbocycles. The molecule has 0 fully saturated rings. The van der Waals surface area contributed by atoms with E-state index in [9.17, 15) is 38.7 Å². The molecule has 3 rings (SSSR count). The number of rotatable bonds is 9. The molecule has 1 N–H and O–H groups in total. The van der Waals surface area contributed by atoms with E-state index in [2.05, 4.69) is 5.32 Å². The fraction of sp³-hybridized carbons (Fsp3) is 0.0435. The Morgan fingerprint density at radius 1 is 1.05 bits per heavy atom. The van der Waals surface area contributed by atoms with E-state index >= 15 is 0 Å². The van der Waals surface area contributed by atoms with Crippen molar-refractivity contribution in [2.45, 2.75) is 4.90 Å². The Morgan fingerprint density at radius 2 is 1.62 bits per heavy atom. The summed E-state index contributed by atoms with van der Waals surface area (Å²) in [5.74, 6) is -1.20. The third-order valence-corrected chi connectivity index (χ3v) is 7.57. The number of nitrogens with one attached hydrogen (secondary N) is 1. The van der Waals surface area contributed by atoms with Crippen molar-refractivity contribution in [2.75, 3.05) is 12.4 Å². The fourth-order valence-electron chi connectivity index (χ4n) is 3.08. The van der Waals surface area contributed by atoms with Crippen LogP contribution in [0.3, 0.4) is 0 Å². The molecule has 206 valence electrons. The Labute approximate surface area is 249 Å². The number of non-ortho nitro benzene ring substituents is 2. The number of nitro groups is 2. The summed E-state index contributed by atoms with van der Waals surface area (Å²) in [4.78, 5) is 32.8. The van der Waals surface area contributed by atoms with Gasteiger partial charge in [0.2, 0.25) is 0 Å². The van der Waals surface area contributed by atoms with E-state index in [0.29, 0.717) is 0 Å². The number of nitriles is 1. The summed E-state index contributed by atoms with van der Waals surface area (Å²) in [6.45, 7) is 0. The molecule has 0 spiro atoms. The standard InChI is InChI=1S/C23H13Cl2IN4O9S/c1-38-20-8-12(6-13(11-27)23(31)28-21-17(24)9-15(30(34)35)10-18(21)25)7-19(26)22(20)39-40(36,37)16-4-2-14(3-5-16)29(32)33/h2-10H,1H3,(H,28,31)/b13-6+. The van der Waals surface area contributed by atoms with Gasteiger partial charge in [0.1, 0.15) is 16.5 Å². The van der Waals surface area contributed by atoms with E-state index in [1.807, 2.05) is 0 Å². The lowest BCUT2D eigenvalue weighted by Gasteiger charge is -2.14. The van der Waals surface area contributed by atoms with Gasteiger partial charge >= 0.3 is 10.1 Å². The zero-order chi connectivity index (χ0) is 29.8. The van der Waals surface area contributed by atoms with Gasteiger partial charge in [-0.3, -0.25) is 25.0 Å². The molecule has 0 aliphatic rings. The predicted molar refractivity (Wildman–Crippen MR) is 152 cm³/mol. The molecule has 0 unspecified atom stereocenters. The Bertz CT molecular complexity index is 1700. The maximum Gasteiger partial charge on any atom is 0.339 e. The van der Waals surface area contributed by atoms with E-state index in [1.54, 1.807) is 28.7 Å². The maximum atomic E-state index is 12.8. The average molecular weight is 719 g/mol. The number of amides is 1. The molecular formula is C23H13Cl2IN4O9S. The highest BCUT2D eigenvalue weighted by Gasteiger charge is 2.24. The van der Waals surface area contributed by atoms with Crippen LogP contribution in [0, 0.1) is 35.1 Å². The van der Waals surface area contributed by atoms with E-state index in [1.165, 1.54) is 25.3 Å². The lowest BCUT2D eigenvalue weighted by Crippen LogP contribution is -2.14. The van der Waals surface area contributed by atoms with Crippen LogP contribution in [0.2, 0.25) is 10.0 Å². The lowest BCUT2D eigenvalue weighted by atomic mass is 10.1. The number of nitrogens with zero attached hydrogens (tertiary/aromatic N) is 3. The second-order valence-corrected chi connectivity index (χ2v) is 11.0. The van der Waals surface area contributed by atoms with Crippen molar-refractivity contribution in [3.63, 3.8) is 0 Å². The van der Waals surface area contributed by atoms with Gasteiger partial charge in [-0.25, -0.2) is 0 Å². The topological polar surface area (TPSA) is 192 Å². The van der Waals surface area contributed by atoms with Crippen molar-refractivity contribution >= 4 is 85.0 Å². The number of halogens is 3. The first-order valence-electron chi connectivity index (χ1n) is 10.4. The molecule has 0 aliphatic heterocycles. The zero-order valence-corrected chi connectivity index (χ0v) is 24.2. The molecule has 0 aliphatic carbocycles. The first kappa shape index (κ1) is 30.6. The monoisotopic (exact) mass is 718 g/mol. The molecule has 0 atom stereocenters. The minimum atomic E-state index is -4.42. The number of ether oxygens (including phenoxy) is 1. The van der Waals surface area contributed by atoms with Crippen LogP contribution in [0.4, 0.5) is 17.1 Å². The van der Waals surface area contributed by atoms with Crippen molar-refractivity contribution in [1.82, 2.24) is 0 Å². The molecule has 40 heavy (non-hydrogen) atoms. The fourth-order valence-corrected chi connectivity index (χ4v) is 5.49. The smallest absolute Gasteiger partial charge is 0.339 e. The predicted octanol–water partition coefficient (Wildman–Crippen LogP) is 5.74. The quantitative estimate of drug-likeness (QED) is 0.0713. The maximum absolute atomic E-state index is 12.8. The molecule has 3 aromatic rings. The normalized spacial score (nSPS) is 11.3. The highest BCUT2D eigenvalue weighted by atomic mass is 127. The number of hydrogen-bond donors (Lipinski definition) is 1. The van der Waals surface area contributed by atoms with Crippen molar-refractivity contribution in [3.05, 3.63) is 93.5 Å². The van der Waals surface area contributed by atoms with Crippen LogP contribution in [0.1, 0.15) is 5.56 Å². The molecule has 0 bridgehead atoms. The minimum absolute atomic E-state index is 0.0669. The zero-order valence-electron chi connectivity index (χ0n) is 19.8. The molecule has 0 radical (unpaired) electrons. The number of carbonyl (C=O) groups excluding carboxylic acids is 1. The SMILES string of the molecule is COc1cc(/C=C(\C#N)C(=O)Nc2c(Cl)cc([N+](=O)[O-])cc2Cl)cc(I)c1OS(=O)(=O)c1ccc([N+](=O)[O-])cc1. The second-order valence-electron chi connectivity index (χ2n) is 7.49. The van der Waals surface area contributed by atoms with Crippen LogP contribution < -0.4 is 14.2 Å². The van der Waals surface area contributed by atoms with Gasteiger partial charge in [-0.15, -0.1) is 0 Å². The lowest BCUT2D eigenvalue weighted by molar-refractivity contribution is -0.385. The molecule has 13 nitrogen and oxygen atoms in total. The molecule has 0 heterocycles. The van der Waals surface area contributed by atoms with Gasteiger partial charge in [0.15, 0.2) is 11.5 Å². The summed E-state index contributed by atoms with van der Waals surface area (Å²) in [5, 5.41) is 33.2. The number of benzene rings is 3. The van der Waals surface area contributed by atoms with Crippen LogP contribution in [-0.2, 0) is 14.9 Å². The number of hydrogen-bond acceptors (Lipinski definition) is 10. The summed E-state index contributed by atoms with van der Waals surface area (Å²) in [6.07, 6.45) is 1.17. The summed E-state index contributed by atoms with van der Waals surface area (Å²) >= 11 is 13.8. The summed E-state index contributed by atoms with van der Waals surface area (Å²) < 4.78 is 36.2. The van der Waals surface area contributed by atoms with Crippen molar-refractivity contribution < 1.29 is 32.0 Å². The summed E-state index contributed by atoms with van der Waals surface area (Å²) in [6, 6.07) is 10.5. The van der Waals surface area contributed by atoms with Gasteiger partial charge in [0.05, 0.1) is 36.3 Å². The van der Waals surface area contributed by atoms with Gasteiger partial charge < -0.3 is 14.2 Å². The molecule has 17 heteroatoms. The average Bonchev–Trinajstić information content (AvgIpc) is 2.90. The second kappa shape index (κ2) is 12.5. The van der Waals surface area contributed by atoms with Gasteiger partial charge in [-0.1, -0.05) is 23.2 Å². The van der Waals surface area contributed by atoms with Crippen LogP contribution in [0.15, 0.2) is 59.0 Å². The minimum Gasteiger partial charge on any atom is -0.493 e. The Morgan fingerprint density at radius 3 is 2.12 bits per heavy atom. The van der Waals surface area contributed by atoms with Gasteiger partial charge in [-0.05, 0) is 58.5 Å². The van der Waals surface area contributed by atoms with Crippen LogP contribution >= 0.6 is 45.8 Å². The van der Waals surface area contributed by atoms with Crippen molar-refractivity contribution in [1.29, 1.82) is 5.26 Å². The van der Waals surface area contributed by atoms with Crippen LogP contribution in [0.25, 0.3) is 6.08 Å². The van der Waals surface area contributed by atoms with E-state index in [0.717, 1.165) is 36.4 Å². The van der Waals surface area contributed by atoms with Crippen LogP contribution in [0.5, 0.6) is 11.5 Å². The van der Waals surface area contributed by atoms with Crippen molar-refractivity contribution in [2.24, 2.45) is 0 Å². The molecule has 0 saturated heterocycles. The summed E-state index contributed by atoms with van der Waals surface area (Å²) in [7, 11) is -3.19. The Kier molecular flexibility index (Phi) is 9.52. The van der Waals surface area contributed by atoms with Gasteiger partial charge in [0, 0.05) is 24.3 Å². The Hall–Kier alpha value is -3.98. The molecule has 0 aromatic heterocycles. The Balaban J connectivity index is 1.92. The third kappa shape index (κ3) is 6.96. The first-order chi connectivity index (χ1) is 18.8. The van der Waals surface area contributed by atoms with E-state index in [-0.39, 0.29) is 46.9 Å². The number of methoxy groups -OCH3 is 1. The third-order valence-electron chi connectivity index (χ3n) is 4.93. The molecular weight excluding hydrogens is 706 g/mol. The number of carbonyl (C=O) groups is 1. The number of nitro benzene ring substituents is 2. The van der Waals surface area contributed by atoms with Gasteiger partial charge in [0.25, 0.3) is 17.3 Å². The van der Waals surface area contributed by atoms with Crippen molar-refractivity contribution in [3.8, 4) is 17.6 Å². The molecule has 1 amide bonds. The number of anilines is 1. The van der Waals surface area contributed by atoms with E-state index in [4.69, 9.17) is 32.1 Å². The highest BCUT2D eigenvalue weighted by Crippen LogP contribution is 2.37. The summed E-state index contributed by atoms with van der Waals surface area (Å²) in [5.41, 5.74) is -1.03. The highest BCUT2D eigenvalue weighted by molar-refractivity contribution is 14.1. The first-order valence-corrected chi connectivity index (χ1v) is 13.6. The van der Waals surface area contributed by atoms with Gasteiger partial charge in [-0.2, -0.15) is 13.7 Å². The largest absolute Gasteiger partial charge is 0.493 e. The molecule has 0 saturated carbocycles.